The molecule has 0 bridgehead atoms. The van der Waals surface area contributed by atoms with E-state index < -0.39 is 0 Å². The summed E-state index contributed by atoms with van der Waals surface area (Å²) in [5.74, 6) is 0. The van der Waals surface area contributed by atoms with E-state index in [1.165, 1.54) is 28.3 Å². The van der Waals surface area contributed by atoms with Gasteiger partial charge in [0.1, 0.15) is 5.01 Å². The summed E-state index contributed by atoms with van der Waals surface area (Å²) in [5, 5.41) is 4.71. The van der Waals surface area contributed by atoms with Gasteiger partial charge in [0.15, 0.2) is 0 Å². The second-order valence-electron chi connectivity index (χ2n) is 4.22. The molecule has 17 heavy (non-hydrogen) atoms. The zero-order valence-corrected chi connectivity index (χ0v) is 11.7. The van der Waals surface area contributed by atoms with E-state index in [0.717, 1.165) is 11.0 Å². The molecule has 2 nitrogen and oxygen atoms in total. The van der Waals surface area contributed by atoms with E-state index in [-0.39, 0.29) is 0 Å². The van der Waals surface area contributed by atoms with Crippen LogP contribution in [0.15, 0.2) is 34.9 Å². The van der Waals surface area contributed by atoms with Gasteiger partial charge in [-0.1, -0.05) is 28.1 Å². The first kappa shape index (κ1) is 11.4. The summed E-state index contributed by atoms with van der Waals surface area (Å²) < 4.78 is 1.11. The van der Waals surface area contributed by atoms with Gasteiger partial charge in [-0.05, 0) is 37.1 Å². The summed E-state index contributed by atoms with van der Waals surface area (Å²) in [4.78, 5) is 5.79. The molecule has 3 rings (SSSR count). The fraction of sp³-hybridized carbons (Fsp3) is 0.308. The molecule has 0 radical (unpaired) electrons. The summed E-state index contributed by atoms with van der Waals surface area (Å²) in [5.41, 5.74) is 1.25. The molecule has 0 aliphatic carbocycles. The van der Waals surface area contributed by atoms with E-state index in [0.29, 0.717) is 6.04 Å². The average Bonchev–Trinajstić information content (AvgIpc) is 3.00. The normalized spacial score (nSPS) is 19.7. The van der Waals surface area contributed by atoms with Gasteiger partial charge in [0.25, 0.3) is 0 Å². The lowest BCUT2D eigenvalue weighted by Gasteiger charge is -2.04. The van der Waals surface area contributed by atoms with E-state index in [4.69, 9.17) is 0 Å². The van der Waals surface area contributed by atoms with Crippen molar-refractivity contribution in [3.05, 3.63) is 39.9 Å². The number of halogens is 1. The molecular weight excluding hydrogens is 296 g/mol. The van der Waals surface area contributed by atoms with Gasteiger partial charge in [0.05, 0.1) is 10.9 Å². The maximum atomic E-state index is 4.54. The Kier molecular flexibility index (Phi) is 3.27. The lowest BCUT2D eigenvalue weighted by Crippen LogP contribution is -2.12. The fourth-order valence-electron chi connectivity index (χ4n) is 2.09. The minimum absolute atomic E-state index is 0.476. The van der Waals surface area contributed by atoms with Crippen LogP contribution in [0.1, 0.15) is 23.9 Å². The zero-order valence-electron chi connectivity index (χ0n) is 9.32. The highest BCUT2D eigenvalue weighted by atomic mass is 79.9. The van der Waals surface area contributed by atoms with Crippen molar-refractivity contribution in [1.29, 1.82) is 0 Å². The molecule has 1 aliphatic rings. The van der Waals surface area contributed by atoms with Crippen LogP contribution in [-0.4, -0.2) is 11.5 Å². The van der Waals surface area contributed by atoms with Crippen molar-refractivity contribution in [3.8, 4) is 10.4 Å². The fourth-order valence-corrected chi connectivity index (χ4v) is 3.39. The quantitative estimate of drug-likeness (QED) is 0.907. The summed E-state index contributed by atoms with van der Waals surface area (Å²) >= 11 is 5.26. The number of thiazole rings is 1. The molecule has 0 saturated carbocycles. The monoisotopic (exact) mass is 308 g/mol. The van der Waals surface area contributed by atoms with Crippen molar-refractivity contribution in [2.75, 3.05) is 6.54 Å². The highest BCUT2D eigenvalue weighted by molar-refractivity contribution is 9.10. The number of rotatable bonds is 2. The summed E-state index contributed by atoms with van der Waals surface area (Å²) in [6, 6.07) is 8.88. The van der Waals surface area contributed by atoms with Gasteiger partial charge in [-0.3, -0.25) is 0 Å². The molecule has 1 fully saturated rings. The highest BCUT2D eigenvalue weighted by Crippen LogP contribution is 2.32. The number of benzene rings is 1. The van der Waals surface area contributed by atoms with Crippen LogP contribution in [0.4, 0.5) is 0 Å². The Balaban J connectivity index is 1.86. The molecule has 1 saturated heterocycles. The van der Waals surface area contributed by atoms with Crippen molar-refractivity contribution in [3.63, 3.8) is 0 Å². The first-order valence-corrected chi connectivity index (χ1v) is 7.39. The molecule has 1 aromatic heterocycles. The third-order valence-electron chi connectivity index (χ3n) is 3.01. The average molecular weight is 309 g/mol. The van der Waals surface area contributed by atoms with E-state index in [9.17, 15) is 0 Å². The van der Waals surface area contributed by atoms with Gasteiger partial charge in [0.2, 0.25) is 0 Å². The Labute approximate surface area is 113 Å². The number of nitrogens with one attached hydrogen (secondary N) is 1. The summed E-state index contributed by atoms with van der Waals surface area (Å²) in [6.45, 7) is 1.12. The van der Waals surface area contributed by atoms with Crippen molar-refractivity contribution >= 4 is 27.3 Å². The standard InChI is InChI=1S/C13H13BrN2S/c14-10-5-3-9(4-6-10)12-8-16-13(17-12)11-2-1-7-15-11/h3-6,8,11,15H,1-2,7H2. The topological polar surface area (TPSA) is 24.9 Å². The second-order valence-corrected chi connectivity index (χ2v) is 6.20. The number of hydrogen-bond acceptors (Lipinski definition) is 3. The minimum atomic E-state index is 0.476. The van der Waals surface area contributed by atoms with Gasteiger partial charge in [-0.15, -0.1) is 11.3 Å². The van der Waals surface area contributed by atoms with Crippen LogP contribution in [0.5, 0.6) is 0 Å². The lowest BCUT2D eigenvalue weighted by atomic mass is 10.2. The minimum Gasteiger partial charge on any atom is -0.308 e. The van der Waals surface area contributed by atoms with Gasteiger partial charge in [-0.25, -0.2) is 4.98 Å². The number of hydrogen-bond donors (Lipinski definition) is 1. The predicted octanol–water partition coefficient (Wildman–Crippen LogP) is 4.00. The Morgan fingerprint density at radius 2 is 2.12 bits per heavy atom. The Bertz CT molecular complexity index is 500. The summed E-state index contributed by atoms with van der Waals surface area (Å²) in [6.07, 6.45) is 4.47. The van der Waals surface area contributed by atoms with E-state index in [1.807, 2.05) is 6.20 Å². The zero-order chi connectivity index (χ0) is 11.7. The Morgan fingerprint density at radius 1 is 1.29 bits per heavy atom. The van der Waals surface area contributed by atoms with Crippen molar-refractivity contribution in [1.82, 2.24) is 10.3 Å². The van der Waals surface area contributed by atoms with Gasteiger partial charge in [-0.2, -0.15) is 0 Å². The molecule has 1 aromatic carbocycles. The van der Waals surface area contributed by atoms with Crippen LogP contribution < -0.4 is 5.32 Å². The van der Waals surface area contributed by atoms with Crippen molar-refractivity contribution < 1.29 is 0 Å². The van der Waals surface area contributed by atoms with Crippen molar-refractivity contribution in [2.45, 2.75) is 18.9 Å². The molecule has 88 valence electrons. The van der Waals surface area contributed by atoms with E-state index in [1.54, 1.807) is 11.3 Å². The Hall–Kier alpha value is -0.710. The third kappa shape index (κ3) is 2.44. The van der Waals surface area contributed by atoms with Gasteiger partial charge in [0, 0.05) is 10.7 Å². The van der Waals surface area contributed by atoms with Crippen LogP contribution in [0, 0.1) is 0 Å². The van der Waals surface area contributed by atoms with Crippen molar-refractivity contribution in [2.24, 2.45) is 0 Å². The highest BCUT2D eigenvalue weighted by Gasteiger charge is 2.19. The van der Waals surface area contributed by atoms with Crippen LogP contribution in [0.25, 0.3) is 10.4 Å². The molecule has 1 N–H and O–H groups in total. The van der Waals surface area contributed by atoms with E-state index in [2.05, 4.69) is 50.5 Å². The Morgan fingerprint density at radius 3 is 2.82 bits per heavy atom. The largest absolute Gasteiger partial charge is 0.308 e. The van der Waals surface area contributed by atoms with Crippen LogP contribution >= 0.6 is 27.3 Å². The second kappa shape index (κ2) is 4.88. The lowest BCUT2D eigenvalue weighted by molar-refractivity contribution is 0.643. The smallest absolute Gasteiger partial charge is 0.110 e. The maximum absolute atomic E-state index is 4.54. The predicted molar refractivity (Wildman–Crippen MR) is 75.2 cm³/mol. The molecule has 1 unspecified atom stereocenters. The number of nitrogens with zero attached hydrogens (tertiary/aromatic N) is 1. The molecule has 1 atom stereocenters. The maximum Gasteiger partial charge on any atom is 0.110 e. The summed E-state index contributed by atoms with van der Waals surface area (Å²) in [7, 11) is 0. The molecule has 1 aliphatic heterocycles. The van der Waals surface area contributed by atoms with Crippen LogP contribution in [0.3, 0.4) is 0 Å². The molecule has 4 heteroatoms. The van der Waals surface area contributed by atoms with Crippen LogP contribution in [0.2, 0.25) is 0 Å². The van der Waals surface area contributed by atoms with E-state index >= 15 is 0 Å². The third-order valence-corrected chi connectivity index (χ3v) is 4.70. The van der Waals surface area contributed by atoms with Crippen LogP contribution in [-0.2, 0) is 0 Å². The molecule has 0 spiro atoms. The van der Waals surface area contributed by atoms with Gasteiger partial charge < -0.3 is 5.32 Å². The number of aromatic nitrogens is 1. The SMILES string of the molecule is Brc1ccc(-c2cnc(C3CCCN3)s2)cc1. The van der Waals surface area contributed by atoms with Gasteiger partial charge >= 0.3 is 0 Å². The molecule has 2 aromatic rings. The first-order chi connectivity index (χ1) is 8.33. The molecule has 2 heterocycles. The first-order valence-electron chi connectivity index (χ1n) is 5.78. The molecular formula is C13H13BrN2S. The molecule has 0 amide bonds.